The number of hydrogen-bond acceptors (Lipinski definition) is 3. The third kappa shape index (κ3) is 2.58. The summed E-state index contributed by atoms with van der Waals surface area (Å²) >= 11 is 0. The Labute approximate surface area is 101 Å². The smallest absolute Gasteiger partial charge is 0.124 e. The number of hydrogen-bond donors (Lipinski definition) is 1. The van der Waals surface area contributed by atoms with Crippen LogP contribution >= 0.6 is 0 Å². The molecule has 0 bridgehead atoms. The second-order valence-electron chi connectivity index (χ2n) is 4.47. The highest BCUT2D eigenvalue weighted by molar-refractivity contribution is 5.39. The molecular formula is C13H18FNO2. The van der Waals surface area contributed by atoms with Gasteiger partial charge in [-0.3, -0.25) is 0 Å². The van der Waals surface area contributed by atoms with Gasteiger partial charge in [0.2, 0.25) is 0 Å². The van der Waals surface area contributed by atoms with Crippen LogP contribution in [0.15, 0.2) is 18.2 Å². The van der Waals surface area contributed by atoms with E-state index in [2.05, 4.69) is 0 Å². The second kappa shape index (κ2) is 5.02. The van der Waals surface area contributed by atoms with Gasteiger partial charge in [0.1, 0.15) is 11.6 Å². The number of halogens is 1. The van der Waals surface area contributed by atoms with Gasteiger partial charge in [-0.1, -0.05) is 0 Å². The molecule has 1 unspecified atom stereocenters. The molecular weight excluding hydrogens is 221 g/mol. The summed E-state index contributed by atoms with van der Waals surface area (Å²) in [6, 6.07) is 4.49. The average Bonchev–Trinajstić information content (AvgIpc) is 2.55. The highest BCUT2D eigenvalue weighted by Gasteiger charge is 2.31. The maximum atomic E-state index is 13.4. The summed E-state index contributed by atoms with van der Waals surface area (Å²) in [6.07, 6.45) is 2.36. The van der Waals surface area contributed by atoms with Crippen LogP contribution in [0.1, 0.15) is 24.8 Å². The topological polar surface area (TPSA) is 44.5 Å². The number of rotatable bonds is 2. The molecule has 0 saturated carbocycles. The van der Waals surface area contributed by atoms with E-state index >= 15 is 0 Å². The Bertz CT molecular complexity index is 387. The van der Waals surface area contributed by atoms with Crippen molar-refractivity contribution < 1.29 is 13.9 Å². The van der Waals surface area contributed by atoms with Crippen molar-refractivity contribution in [1.82, 2.24) is 0 Å². The first-order chi connectivity index (χ1) is 8.15. The van der Waals surface area contributed by atoms with Gasteiger partial charge in [0, 0.05) is 24.3 Å². The first-order valence-electron chi connectivity index (χ1n) is 5.86. The van der Waals surface area contributed by atoms with Crippen LogP contribution in [0.3, 0.4) is 0 Å². The zero-order chi connectivity index (χ0) is 12.3. The van der Waals surface area contributed by atoms with Crippen LogP contribution in [0.2, 0.25) is 0 Å². The van der Waals surface area contributed by atoms with Gasteiger partial charge < -0.3 is 15.2 Å². The quantitative estimate of drug-likeness (QED) is 0.860. The van der Waals surface area contributed by atoms with Crippen molar-refractivity contribution >= 4 is 0 Å². The summed E-state index contributed by atoms with van der Waals surface area (Å²) in [5.41, 5.74) is 6.59. The first-order valence-corrected chi connectivity index (χ1v) is 5.86. The third-order valence-corrected chi connectivity index (χ3v) is 3.30. The Morgan fingerprint density at radius 1 is 1.35 bits per heavy atom. The lowest BCUT2D eigenvalue weighted by Crippen LogP contribution is -2.37. The fourth-order valence-corrected chi connectivity index (χ4v) is 2.31. The summed E-state index contributed by atoms with van der Waals surface area (Å²) in [4.78, 5) is 0. The normalized spacial score (nSPS) is 25.4. The summed E-state index contributed by atoms with van der Waals surface area (Å²) in [7, 11) is 1.58. The fraction of sp³-hybridized carbons (Fsp3) is 0.538. The number of benzene rings is 1. The molecule has 1 aromatic rings. The first kappa shape index (κ1) is 12.3. The van der Waals surface area contributed by atoms with E-state index in [9.17, 15) is 4.39 Å². The SMILES string of the molecule is COc1ccc(F)cc1C1(N)CCCOCC1. The molecule has 2 N–H and O–H groups in total. The zero-order valence-corrected chi connectivity index (χ0v) is 10.0. The third-order valence-electron chi connectivity index (χ3n) is 3.30. The van der Waals surface area contributed by atoms with Crippen LogP contribution in [-0.2, 0) is 10.3 Å². The number of ether oxygens (including phenoxy) is 2. The lowest BCUT2D eigenvalue weighted by molar-refractivity contribution is 0.139. The minimum Gasteiger partial charge on any atom is -0.496 e. The van der Waals surface area contributed by atoms with Crippen molar-refractivity contribution in [2.45, 2.75) is 24.8 Å². The van der Waals surface area contributed by atoms with Crippen LogP contribution < -0.4 is 10.5 Å². The lowest BCUT2D eigenvalue weighted by Gasteiger charge is -2.29. The van der Waals surface area contributed by atoms with Crippen LogP contribution in [0.5, 0.6) is 5.75 Å². The van der Waals surface area contributed by atoms with Crippen molar-refractivity contribution in [2.75, 3.05) is 20.3 Å². The number of methoxy groups -OCH3 is 1. The van der Waals surface area contributed by atoms with Crippen LogP contribution in [-0.4, -0.2) is 20.3 Å². The highest BCUT2D eigenvalue weighted by Crippen LogP contribution is 2.36. The van der Waals surface area contributed by atoms with Crippen molar-refractivity contribution in [3.63, 3.8) is 0 Å². The molecule has 1 fully saturated rings. The monoisotopic (exact) mass is 239 g/mol. The second-order valence-corrected chi connectivity index (χ2v) is 4.47. The van der Waals surface area contributed by atoms with Crippen molar-refractivity contribution in [3.8, 4) is 5.75 Å². The maximum Gasteiger partial charge on any atom is 0.124 e. The van der Waals surface area contributed by atoms with E-state index in [0.717, 1.165) is 25.0 Å². The minimum atomic E-state index is -0.552. The summed E-state index contributed by atoms with van der Waals surface area (Å²) in [6.45, 7) is 1.33. The predicted molar refractivity (Wildman–Crippen MR) is 63.5 cm³/mol. The summed E-state index contributed by atoms with van der Waals surface area (Å²) in [5, 5.41) is 0. The lowest BCUT2D eigenvalue weighted by atomic mass is 9.83. The van der Waals surface area contributed by atoms with E-state index in [4.69, 9.17) is 15.2 Å². The van der Waals surface area contributed by atoms with Gasteiger partial charge in [0.25, 0.3) is 0 Å². The molecule has 2 rings (SSSR count). The van der Waals surface area contributed by atoms with E-state index in [1.165, 1.54) is 12.1 Å². The Morgan fingerprint density at radius 2 is 2.18 bits per heavy atom. The molecule has 0 spiro atoms. The molecule has 1 aliphatic rings. The average molecular weight is 239 g/mol. The molecule has 1 saturated heterocycles. The Morgan fingerprint density at radius 3 is 2.94 bits per heavy atom. The molecule has 17 heavy (non-hydrogen) atoms. The van der Waals surface area contributed by atoms with E-state index in [0.29, 0.717) is 18.8 Å². The summed E-state index contributed by atoms with van der Waals surface area (Å²) in [5.74, 6) is 0.367. The van der Waals surface area contributed by atoms with Gasteiger partial charge in [0.05, 0.1) is 7.11 Å². The molecule has 0 aromatic heterocycles. The standard InChI is InChI=1S/C13H18FNO2/c1-16-12-4-3-10(14)9-11(12)13(15)5-2-7-17-8-6-13/h3-4,9H,2,5-8,15H2,1H3. The maximum absolute atomic E-state index is 13.4. The molecule has 1 heterocycles. The van der Waals surface area contributed by atoms with Gasteiger partial charge in [0.15, 0.2) is 0 Å². The minimum absolute atomic E-state index is 0.282. The molecule has 1 atom stereocenters. The largest absolute Gasteiger partial charge is 0.496 e. The molecule has 0 aliphatic carbocycles. The zero-order valence-electron chi connectivity index (χ0n) is 10.0. The van der Waals surface area contributed by atoms with Gasteiger partial charge >= 0.3 is 0 Å². The summed E-state index contributed by atoms with van der Waals surface area (Å²) < 4.78 is 24.0. The Balaban J connectivity index is 2.38. The van der Waals surface area contributed by atoms with Crippen molar-refractivity contribution in [3.05, 3.63) is 29.6 Å². The van der Waals surface area contributed by atoms with Gasteiger partial charge in [-0.2, -0.15) is 0 Å². The van der Waals surface area contributed by atoms with E-state index in [-0.39, 0.29) is 5.82 Å². The van der Waals surface area contributed by atoms with E-state index in [1.54, 1.807) is 13.2 Å². The molecule has 1 aliphatic heterocycles. The van der Waals surface area contributed by atoms with Crippen LogP contribution in [0.25, 0.3) is 0 Å². The molecule has 94 valence electrons. The van der Waals surface area contributed by atoms with Crippen molar-refractivity contribution in [1.29, 1.82) is 0 Å². The Hall–Kier alpha value is -1.13. The van der Waals surface area contributed by atoms with E-state index in [1.807, 2.05) is 0 Å². The fourth-order valence-electron chi connectivity index (χ4n) is 2.31. The van der Waals surface area contributed by atoms with Crippen LogP contribution in [0.4, 0.5) is 4.39 Å². The molecule has 4 heteroatoms. The van der Waals surface area contributed by atoms with Crippen molar-refractivity contribution in [2.24, 2.45) is 5.73 Å². The number of nitrogens with two attached hydrogens (primary N) is 1. The van der Waals surface area contributed by atoms with E-state index < -0.39 is 5.54 Å². The van der Waals surface area contributed by atoms with Gasteiger partial charge in [-0.15, -0.1) is 0 Å². The van der Waals surface area contributed by atoms with Gasteiger partial charge in [-0.05, 0) is 37.5 Å². The molecule has 0 radical (unpaired) electrons. The van der Waals surface area contributed by atoms with Gasteiger partial charge in [-0.25, -0.2) is 4.39 Å². The molecule has 3 nitrogen and oxygen atoms in total. The molecule has 1 aromatic carbocycles. The Kier molecular flexibility index (Phi) is 3.64. The highest BCUT2D eigenvalue weighted by atomic mass is 19.1. The molecule has 0 amide bonds. The predicted octanol–water partition coefficient (Wildman–Crippen LogP) is 2.19. The van der Waals surface area contributed by atoms with Crippen LogP contribution in [0, 0.1) is 5.82 Å².